The highest BCUT2D eigenvalue weighted by molar-refractivity contribution is 7.89. The second kappa shape index (κ2) is 6.77. The van der Waals surface area contributed by atoms with E-state index in [1.54, 1.807) is 38.1 Å². The maximum absolute atomic E-state index is 12.0. The van der Waals surface area contributed by atoms with Gasteiger partial charge in [-0.15, -0.1) is 0 Å². The van der Waals surface area contributed by atoms with Gasteiger partial charge < -0.3 is 11.1 Å². The molecular formula is C15H25N3O2S. The molecule has 0 spiro atoms. The summed E-state index contributed by atoms with van der Waals surface area (Å²) in [7, 11) is -3.42. The highest BCUT2D eigenvalue weighted by atomic mass is 32.2. The molecule has 2 rings (SSSR count). The Morgan fingerprint density at radius 2 is 1.76 bits per heavy atom. The van der Waals surface area contributed by atoms with E-state index in [1.165, 1.54) is 12.8 Å². The number of benzene rings is 1. The van der Waals surface area contributed by atoms with E-state index < -0.39 is 10.0 Å². The van der Waals surface area contributed by atoms with Gasteiger partial charge in [0.2, 0.25) is 10.0 Å². The molecule has 0 saturated heterocycles. The van der Waals surface area contributed by atoms with E-state index in [2.05, 4.69) is 10.0 Å². The Kier molecular flexibility index (Phi) is 5.24. The van der Waals surface area contributed by atoms with Crippen molar-refractivity contribution in [2.45, 2.75) is 62.6 Å². The molecule has 1 aromatic carbocycles. The molecule has 4 N–H and O–H groups in total. The van der Waals surface area contributed by atoms with Gasteiger partial charge in [0.15, 0.2) is 0 Å². The van der Waals surface area contributed by atoms with Gasteiger partial charge in [0.05, 0.1) is 4.90 Å². The molecule has 0 bridgehead atoms. The van der Waals surface area contributed by atoms with Crippen LogP contribution in [0.2, 0.25) is 0 Å². The summed E-state index contributed by atoms with van der Waals surface area (Å²) in [4.78, 5) is 0.287. The summed E-state index contributed by atoms with van der Waals surface area (Å²) >= 11 is 0. The van der Waals surface area contributed by atoms with Crippen molar-refractivity contribution >= 4 is 15.7 Å². The first-order valence-electron chi connectivity index (χ1n) is 7.53. The maximum atomic E-state index is 12.0. The van der Waals surface area contributed by atoms with Crippen LogP contribution in [0.4, 0.5) is 5.69 Å². The molecule has 1 aliphatic rings. The topological polar surface area (TPSA) is 84.2 Å². The standard InChI is InChI=1S/C15H25N3O2S/c1-11(2)18-21(19,20)13-9-7-12(8-10-13)17-15-6-4-3-5-14(15)16/h7-11,14-15,17-18H,3-6,16H2,1-2H3. The third-order valence-electron chi connectivity index (χ3n) is 3.73. The lowest BCUT2D eigenvalue weighted by atomic mass is 9.91. The molecule has 0 heterocycles. The van der Waals surface area contributed by atoms with E-state index in [-0.39, 0.29) is 23.0 Å². The molecule has 6 heteroatoms. The SMILES string of the molecule is CC(C)NS(=O)(=O)c1ccc(NC2CCCCC2N)cc1. The second-order valence-corrected chi connectivity index (χ2v) is 7.71. The first-order valence-corrected chi connectivity index (χ1v) is 9.01. The molecule has 0 aromatic heterocycles. The first-order chi connectivity index (χ1) is 9.88. The van der Waals surface area contributed by atoms with Gasteiger partial charge in [0.1, 0.15) is 0 Å². The molecule has 0 radical (unpaired) electrons. The predicted molar refractivity (Wildman–Crippen MR) is 85.8 cm³/mol. The Hall–Kier alpha value is -1.11. The van der Waals surface area contributed by atoms with Crippen LogP contribution in [0.15, 0.2) is 29.2 Å². The van der Waals surface area contributed by atoms with Crippen LogP contribution < -0.4 is 15.8 Å². The van der Waals surface area contributed by atoms with Gasteiger partial charge in [0, 0.05) is 23.8 Å². The Morgan fingerprint density at radius 1 is 1.14 bits per heavy atom. The largest absolute Gasteiger partial charge is 0.381 e. The monoisotopic (exact) mass is 311 g/mol. The van der Waals surface area contributed by atoms with E-state index in [4.69, 9.17) is 5.73 Å². The summed E-state index contributed by atoms with van der Waals surface area (Å²) in [5, 5.41) is 3.41. The molecule has 2 unspecified atom stereocenters. The summed E-state index contributed by atoms with van der Waals surface area (Å²) in [6.07, 6.45) is 4.49. The number of sulfonamides is 1. The van der Waals surface area contributed by atoms with E-state index in [0.717, 1.165) is 18.5 Å². The number of anilines is 1. The van der Waals surface area contributed by atoms with Crippen LogP contribution in [-0.4, -0.2) is 26.5 Å². The lowest BCUT2D eigenvalue weighted by Gasteiger charge is -2.30. The number of rotatable bonds is 5. The van der Waals surface area contributed by atoms with Crippen LogP contribution in [0, 0.1) is 0 Å². The summed E-state index contributed by atoms with van der Waals surface area (Å²) in [5.41, 5.74) is 7.03. The van der Waals surface area contributed by atoms with Crippen molar-refractivity contribution in [3.05, 3.63) is 24.3 Å². The average Bonchev–Trinajstić information content (AvgIpc) is 2.40. The third kappa shape index (κ3) is 4.43. The molecule has 118 valence electrons. The Bertz CT molecular complexity index is 555. The predicted octanol–water partition coefficient (Wildman–Crippen LogP) is 2.06. The minimum absolute atomic E-state index is 0.118. The highest BCUT2D eigenvalue weighted by Gasteiger charge is 2.21. The quantitative estimate of drug-likeness (QED) is 0.777. The maximum Gasteiger partial charge on any atom is 0.240 e. The third-order valence-corrected chi connectivity index (χ3v) is 5.40. The molecular weight excluding hydrogens is 286 g/mol. The van der Waals surface area contributed by atoms with Gasteiger partial charge in [-0.05, 0) is 51.0 Å². The molecule has 21 heavy (non-hydrogen) atoms. The van der Waals surface area contributed by atoms with E-state index in [1.807, 2.05) is 0 Å². The molecule has 1 aromatic rings. The van der Waals surface area contributed by atoms with E-state index in [9.17, 15) is 8.42 Å². The van der Waals surface area contributed by atoms with Gasteiger partial charge in [-0.3, -0.25) is 0 Å². The first kappa shape index (κ1) is 16.3. The molecule has 1 fully saturated rings. The molecule has 0 amide bonds. The lowest BCUT2D eigenvalue weighted by Crippen LogP contribution is -2.42. The van der Waals surface area contributed by atoms with Crippen LogP contribution in [0.25, 0.3) is 0 Å². The fraction of sp³-hybridized carbons (Fsp3) is 0.600. The zero-order chi connectivity index (χ0) is 15.5. The Balaban J connectivity index is 2.05. The highest BCUT2D eigenvalue weighted by Crippen LogP contribution is 2.22. The number of nitrogens with one attached hydrogen (secondary N) is 2. The van der Waals surface area contributed by atoms with Gasteiger partial charge in [-0.25, -0.2) is 13.1 Å². The van der Waals surface area contributed by atoms with Crippen molar-refractivity contribution < 1.29 is 8.42 Å². The fourth-order valence-electron chi connectivity index (χ4n) is 2.66. The minimum atomic E-state index is -3.42. The van der Waals surface area contributed by atoms with Crippen molar-refractivity contribution in [3.63, 3.8) is 0 Å². The van der Waals surface area contributed by atoms with Crippen LogP contribution >= 0.6 is 0 Å². The molecule has 1 saturated carbocycles. The van der Waals surface area contributed by atoms with Crippen molar-refractivity contribution in [1.82, 2.24) is 4.72 Å². The van der Waals surface area contributed by atoms with Crippen LogP contribution in [0.3, 0.4) is 0 Å². The zero-order valence-corrected chi connectivity index (χ0v) is 13.5. The fourth-order valence-corrected chi connectivity index (χ4v) is 3.91. The van der Waals surface area contributed by atoms with E-state index >= 15 is 0 Å². The summed E-state index contributed by atoms with van der Waals surface area (Å²) in [6.45, 7) is 3.61. The molecule has 0 aliphatic heterocycles. The number of hydrogen-bond acceptors (Lipinski definition) is 4. The molecule has 5 nitrogen and oxygen atoms in total. The van der Waals surface area contributed by atoms with Gasteiger partial charge in [-0.2, -0.15) is 0 Å². The summed E-state index contributed by atoms with van der Waals surface area (Å²) in [5.74, 6) is 0. The smallest absolute Gasteiger partial charge is 0.240 e. The van der Waals surface area contributed by atoms with Crippen molar-refractivity contribution in [2.75, 3.05) is 5.32 Å². The average molecular weight is 311 g/mol. The second-order valence-electron chi connectivity index (χ2n) is 6.00. The number of nitrogens with two attached hydrogens (primary N) is 1. The number of hydrogen-bond donors (Lipinski definition) is 3. The Morgan fingerprint density at radius 3 is 2.33 bits per heavy atom. The van der Waals surface area contributed by atoms with Gasteiger partial charge in [0.25, 0.3) is 0 Å². The van der Waals surface area contributed by atoms with Crippen LogP contribution in [-0.2, 0) is 10.0 Å². The summed E-state index contributed by atoms with van der Waals surface area (Å²) < 4.78 is 26.7. The zero-order valence-electron chi connectivity index (χ0n) is 12.7. The molecule has 1 aliphatic carbocycles. The Labute approximate surface area is 127 Å². The van der Waals surface area contributed by atoms with Gasteiger partial charge >= 0.3 is 0 Å². The van der Waals surface area contributed by atoms with Crippen molar-refractivity contribution in [1.29, 1.82) is 0 Å². The van der Waals surface area contributed by atoms with E-state index in [0.29, 0.717) is 0 Å². The van der Waals surface area contributed by atoms with Crippen LogP contribution in [0.1, 0.15) is 39.5 Å². The lowest BCUT2D eigenvalue weighted by molar-refractivity contribution is 0.404. The van der Waals surface area contributed by atoms with Crippen LogP contribution in [0.5, 0.6) is 0 Å². The normalized spacial score (nSPS) is 23.2. The molecule has 2 atom stereocenters. The van der Waals surface area contributed by atoms with Crippen molar-refractivity contribution in [2.24, 2.45) is 5.73 Å². The van der Waals surface area contributed by atoms with Crippen molar-refractivity contribution in [3.8, 4) is 0 Å². The summed E-state index contributed by atoms with van der Waals surface area (Å²) in [6, 6.07) is 7.18. The minimum Gasteiger partial charge on any atom is -0.381 e. The van der Waals surface area contributed by atoms with Gasteiger partial charge in [-0.1, -0.05) is 12.8 Å².